The highest BCUT2D eigenvalue weighted by molar-refractivity contribution is 7.78. The molecule has 0 unspecified atom stereocenters. The van der Waals surface area contributed by atoms with Crippen LogP contribution in [-0.4, -0.2) is 11.3 Å². The average Bonchev–Trinajstić information content (AvgIpc) is 2.62. The number of rotatable bonds is 5. The number of nitrogens with one attached hydrogen (secondary N) is 1. The molecule has 3 rings (SSSR count). The Morgan fingerprint density at radius 3 is 1.78 bits per heavy atom. The quantitative estimate of drug-likeness (QED) is 0.714. The molecule has 0 atom stereocenters. The van der Waals surface area contributed by atoms with E-state index in [0.29, 0.717) is 6.29 Å². The number of halogens is 1. The van der Waals surface area contributed by atoms with E-state index in [1.54, 1.807) is 6.20 Å². The van der Waals surface area contributed by atoms with E-state index in [-0.39, 0.29) is 12.4 Å². The highest BCUT2D eigenvalue weighted by atomic mass is 35.5. The lowest BCUT2D eigenvalue weighted by molar-refractivity contribution is 0.588. The maximum absolute atomic E-state index is 13.7. The summed E-state index contributed by atoms with van der Waals surface area (Å²) in [5.74, 6) is 0.731. The predicted octanol–water partition coefficient (Wildman–Crippen LogP) is 3.89. The van der Waals surface area contributed by atoms with Crippen LogP contribution in [0.15, 0.2) is 85.1 Å². The van der Waals surface area contributed by atoms with Crippen molar-refractivity contribution in [3.8, 4) is 0 Å². The summed E-state index contributed by atoms with van der Waals surface area (Å²) in [6.45, 7) is 0. The molecule has 0 spiro atoms. The third kappa shape index (κ3) is 4.01. The first-order valence-corrected chi connectivity index (χ1v) is 9.03. The van der Waals surface area contributed by atoms with E-state index in [4.69, 9.17) is 0 Å². The molecule has 3 nitrogen and oxygen atoms in total. The minimum absolute atomic E-state index is 0. The summed E-state index contributed by atoms with van der Waals surface area (Å²) in [4.78, 5) is 4.24. The van der Waals surface area contributed by atoms with Crippen molar-refractivity contribution in [3.63, 3.8) is 0 Å². The van der Waals surface area contributed by atoms with Crippen LogP contribution >= 0.6 is 19.5 Å². The van der Waals surface area contributed by atoms with Gasteiger partial charge in [0.05, 0.1) is 6.29 Å². The zero-order valence-electron chi connectivity index (χ0n) is 12.5. The lowest BCUT2D eigenvalue weighted by Crippen LogP contribution is -2.22. The number of nitrogens with zero attached hydrogens (tertiary/aromatic N) is 1. The fourth-order valence-corrected chi connectivity index (χ4v) is 4.68. The van der Waals surface area contributed by atoms with Gasteiger partial charge in [-0.1, -0.05) is 66.7 Å². The molecule has 0 bridgehead atoms. The number of hydrogen-bond donors (Lipinski definition) is 1. The summed E-state index contributed by atoms with van der Waals surface area (Å²) < 4.78 is 13.7. The standard InChI is InChI=1S/C18H17N2OP.ClH/c21-22(16-9-3-1-4-10-16,17-11-5-2-6-12-17)15-20-18-13-7-8-14-19-18;/h1-14H,15H2,(H,19,20);1H. The Morgan fingerprint density at radius 2 is 1.30 bits per heavy atom. The van der Waals surface area contributed by atoms with Crippen molar-refractivity contribution < 1.29 is 4.57 Å². The molecule has 5 heteroatoms. The van der Waals surface area contributed by atoms with E-state index in [1.807, 2.05) is 78.9 Å². The Hall–Kier alpha value is -2.09. The molecule has 0 saturated carbocycles. The minimum Gasteiger partial charge on any atom is -0.362 e. The third-order valence-corrected chi connectivity index (χ3v) is 6.36. The smallest absolute Gasteiger partial charge is 0.161 e. The molecule has 0 aliphatic heterocycles. The van der Waals surface area contributed by atoms with Crippen LogP contribution in [0.25, 0.3) is 0 Å². The molecule has 118 valence electrons. The topological polar surface area (TPSA) is 42.0 Å². The Labute approximate surface area is 142 Å². The van der Waals surface area contributed by atoms with Crippen molar-refractivity contribution in [1.29, 1.82) is 0 Å². The number of hydrogen-bond acceptors (Lipinski definition) is 3. The molecular weight excluding hydrogens is 327 g/mol. The normalized spacial score (nSPS) is 10.6. The maximum Gasteiger partial charge on any atom is 0.161 e. The van der Waals surface area contributed by atoms with Gasteiger partial charge in [0.15, 0.2) is 7.14 Å². The van der Waals surface area contributed by atoms with E-state index in [9.17, 15) is 4.57 Å². The number of pyridine rings is 1. The zero-order valence-corrected chi connectivity index (χ0v) is 14.2. The van der Waals surface area contributed by atoms with E-state index < -0.39 is 7.14 Å². The Morgan fingerprint density at radius 1 is 0.783 bits per heavy atom. The maximum atomic E-state index is 13.7. The molecule has 3 aromatic rings. The second-order valence-corrected chi connectivity index (χ2v) is 7.79. The third-order valence-electron chi connectivity index (χ3n) is 3.49. The van der Waals surface area contributed by atoms with Crippen LogP contribution < -0.4 is 15.9 Å². The molecule has 1 aromatic heterocycles. The summed E-state index contributed by atoms with van der Waals surface area (Å²) in [7, 11) is -2.74. The van der Waals surface area contributed by atoms with Gasteiger partial charge in [-0.2, -0.15) is 0 Å². The fourth-order valence-electron chi connectivity index (χ4n) is 2.33. The molecule has 1 heterocycles. The SMILES string of the molecule is Cl.O=P(CNc1ccccn1)(c1ccccc1)c1ccccc1. The van der Waals surface area contributed by atoms with Gasteiger partial charge in [-0.15, -0.1) is 12.4 Å². The van der Waals surface area contributed by atoms with Gasteiger partial charge in [-0.3, -0.25) is 0 Å². The Bertz CT molecular complexity index is 723. The van der Waals surface area contributed by atoms with Crippen LogP contribution in [0.4, 0.5) is 5.82 Å². The van der Waals surface area contributed by atoms with Crippen LogP contribution in [0.1, 0.15) is 0 Å². The molecule has 0 amide bonds. The van der Waals surface area contributed by atoms with Gasteiger partial charge in [-0.05, 0) is 12.1 Å². The summed E-state index contributed by atoms with van der Waals surface area (Å²) in [5.41, 5.74) is 0. The number of anilines is 1. The molecular formula is C18H18ClN2OP. The molecule has 0 aliphatic rings. The summed E-state index contributed by atoms with van der Waals surface area (Å²) in [5, 5.41) is 4.91. The van der Waals surface area contributed by atoms with Gasteiger partial charge in [0.1, 0.15) is 5.82 Å². The highest BCUT2D eigenvalue weighted by Crippen LogP contribution is 2.42. The van der Waals surface area contributed by atoms with Crippen LogP contribution in [0.5, 0.6) is 0 Å². The second-order valence-electron chi connectivity index (χ2n) is 4.96. The summed E-state index contributed by atoms with van der Waals surface area (Å²) in [6, 6.07) is 24.9. The Kier molecular flexibility index (Phi) is 5.97. The fraction of sp³-hybridized carbons (Fsp3) is 0.0556. The average molecular weight is 345 g/mol. The van der Waals surface area contributed by atoms with E-state index in [0.717, 1.165) is 16.4 Å². The van der Waals surface area contributed by atoms with Crippen LogP contribution in [-0.2, 0) is 4.57 Å². The summed E-state index contributed by atoms with van der Waals surface area (Å²) in [6.07, 6.45) is 2.07. The first-order chi connectivity index (χ1) is 10.8. The van der Waals surface area contributed by atoms with Gasteiger partial charge in [0, 0.05) is 16.8 Å². The molecule has 0 radical (unpaired) electrons. The zero-order chi connectivity index (χ0) is 15.3. The molecule has 23 heavy (non-hydrogen) atoms. The van der Waals surface area contributed by atoms with Crippen molar-refractivity contribution in [2.75, 3.05) is 11.6 Å². The van der Waals surface area contributed by atoms with Gasteiger partial charge in [-0.25, -0.2) is 4.98 Å². The van der Waals surface area contributed by atoms with E-state index >= 15 is 0 Å². The van der Waals surface area contributed by atoms with Crippen molar-refractivity contribution in [2.24, 2.45) is 0 Å². The van der Waals surface area contributed by atoms with Crippen molar-refractivity contribution in [1.82, 2.24) is 4.98 Å². The molecule has 0 saturated heterocycles. The van der Waals surface area contributed by atoms with Gasteiger partial charge in [0.2, 0.25) is 0 Å². The van der Waals surface area contributed by atoms with E-state index in [2.05, 4.69) is 10.3 Å². The predicted molar refractivity (Wildman–Crippen MR) is 99.7 cm³/mol. The van der Waals surface area contributed by atoms with E-state index in [1.165, 1.54) is 0 Å². The van der Waals surface area contributed by atoms with Crippen LogP contribution in [0, 0.1) is 0 Å². The molecule has 2 aromatic carbocycles. The lowest BCUT2D eigenvalue weighted by Gasteiger charge is -2.20. The van der Waals surface area contributed by atoms with Crippen molar-refractivity contribution >= 4 is 36.0 Å². The number of benzene rings is 2. The van der Waals surface area contributed by atoms with Crippen LogP contribution in [0.3, 0.4) is 0 Å². The second kappa shape index (κ2) is 7.96. The van der Waals surface area contributed by atoms with Gasteiger partial charge in [0.25, 0.3) is 0 Å². The van der Waals surface area contributed by atoms with Gasteiger partial charge < -0.3 is 9.88 Å². The van der Waals surface area contributed by atoms with Crippen molar-refractivity contribution in [2.45, 2.75) is 0 Å². The molecule has 0 aliphatic carbocycles. The van der Waals surface area contributed by atoms with Crippen molar-refractivity contribution in [3.05, 3.63) is 85.1 Å². The van der Waals surface area contributed by atoms with Gasteiger partial charge >= 0.3 is 0 Å². The number of aromatic nitrogens is 1. The lowest BCUT2D eigenvalue weighted by atomic mass is 10.4. The van der Waals surface area contributed by atoms with Crippen LogP contribution in [0.2, 0.25) is 0 Å². The molecule has 0 fully saturated rings. The monoisotopic (exact) mass is 344 g/mol. The summed E-state index contributed by atoms with van der Waals surface area (Å²) >= 11 is 0. The highest BCUT2D eigenvalue weighted by Gasteiger charge is 2.26. The first-order valence-electron chi connectivity index (χ1n) is 7.14. The minimum atomic E-state index is -2.74. The largest absolute Gasteiger partial charge is 0.362 e. The molecule has 1 N–H and O–H groups in total. The Balaban J connectivity index is 0.00000192. The first kappa shape index (κ1) is 17.3.